The number of rotatable bonds is 3. The molecule has 0 saturated carbocycles. The molecule has 1 spiro atoms. The summed E-state index contributed by atoms with van der Waals surface area (Å²) in [5.41, 5.74) is 1.00. The Balaban J connectivity index is 0.000000317. The summed E-state index contributed by atoms with van der Waals surface area (Å²) < 4.78 is 82.8. The molecule has 39 heavy (non-hydrogen) atoms. The molecule has 216 valence electrons. The van der Waals surface area contributed by atoms with Gasteiger partial charge in [-0.15, -0.1) is 0 Å². The molecule has 2 saturated heterocycles. The molecule has 2 fully saturated rings. The zero-order valence-electron chi connectivity index (χ0n) is 20.1. The molecule has 2 aliphatic heterocycles. The Kier molecular flexibility index (Phi) is 10.9. The first-order valence-electron chi connectivity index (χ1n) is 11.2. The molecular formula is C22H24F7N5O5. The lowest BCUT2D eigenvalue weighted by atomic mass is 9.90. The maximum Gasteiger partial charge on any atom is 0.490 e. The number of halogens is 7. The lowest BCUT2D eigenvalue weighted by molar-refractivity contribution is -0.193. The van der Waals surface area contributed by atoms with E-state index < -0.39 is 30.1 Å². The van der Waals surface area contributed by atoms with Gasteiger partial charge in [-0.05, 0) is 24.5 Å². The Morgan fingerprint density at radius 3 is 2.08 bits per heavy atom. The van der Waals surface area contributed by atoms with E-state index in [0.29, 0.717) is 5.95 Å². The minimum Gasteiger partial charge on any atom is -0.475 e. The largest absolute Gasteiger partial charge is 0.490 e. The number of aromatic nitrogens is 3. The van der Waals surface area contributed by atoms with E-state index in [2.05, 4.69) is 30.8 Å². The van der Waals surface area contributed by atoms with Crippen LogP contribution in [-0.2, 0) is 20.9 Å². The van der Waals surface area contributed by atoms with Gasteiger partial charge >= 0.3 is 24.3 Å². The number of aliphatic carboxylic acids is 2. The van der Waals surface area contributed by atoms with Gasteiger partial charge in [-0.3, -0.25) is 9.88 Å². The van der Waals surface area contributed by atoms with Gasteiger partial charge in [0.25, 0.3) is 0 Å². The molecule has 4 heterocycles. The molecule has 2 aromatic heterocycles. The zero-order chi connectivity index (χ0) is 29.3. The minimum absolute atomic E-state index is 0.212. The normalized spacial score (nSPS) is 19.8. The number of carboxylic acid groups (broad SMARTS) is 2. The van der Waals surface area contributed by atoms with Crippen LogP contribution in [0.4, 0.5) is 36.7 Å². The molecule has 1 unspecified atom stereocenters. The number of carbonyl (C=O) groups is 2. The summed E-state index contributed by atoms with van der Waals surface area (Å²) in [5.74, 6) is -5.35. The van der Waals surface area contributed by atoms with Crippen molar-refractivity contribution < 1.29 is 55.3 Å². The summed E-state index contributed by atoms with van der Waals surface area (Å²) in [7, 11) is 0. The first kappa shape index (κ1) is 31.6. The van der Waals surface area contributed by atoms with Crippen LogP contribution in [0, 0.1) is 5.82 Å². The van der Waals surface area contributed by atoms with Gasteiger partial charge in [-0.1, -0.05) is 6.07 Å². The van der Waals surface area contributed by atoms with Crippen LogP contribution >= 0.6 is 0 Å². The van der Waals surface area contributed by atoms with Gasteiger partial charge in [0.15, 0.2) is 5.82 Å². The number of pyridine rings is 1. The van der Waals surface area contributed by atoms with E-state index in [0.717, 1.165) is 52.2 Å². The molecule has 0 radical (unpaired) electrons. The van der Waals surface area contributed by atoms with Gasteiger partial charge in [0.1, 0.15) is 0 Å². The third-order valence-corrected chi connectivity index (χ3v) is 5.37. The first-order valence-corrected chi connectivity index (χ1v) is 11.2. The Hall–Kier alpha value is -3.60. The minimum atomic E-state index is -5.08. The van der Waals surface area contributed by atoms with Crippen molar-refractivity contribution in [2.75, 3.05) is 37.7 Å². The highest BCUT2D eigenvalue weighted by Crippen LogP contribution is 2.31. The smallest absolute Gasteiger partial charge is 0.475 e. The van der Waals surface area contributed by atoms with E-state index in [1.165, 1.54) is 18.0 Å². The molecule has 2 aromatic rings. The fourth-order valence-corrected chi connectivity index (χ4v) is 3.79. The molecule has 0 bridgehead atoms. The molecule has 17 heteroatoms. The summed E-state index contributed by atoms with van der Waals surface area (Å²) in [5, 5.41) is 14.2. The quantitative estimate of drug-likeness (QED) is 0.531. The number of piperidine rings is 1. The highest BCUT2D eigenvalue weighted by atomic mass is 19.4. The van der Waals surface area contributed by atoms with Crippen LogP contribution in [0.25, 0.3) is 0 Å². The second kappa shape index (κ2) is 13.5. The van der Waals surface area contributed by atoms with Gasteiger partial charge in [0.05, 0.1) is 31.1 Å². The Morgan fingerprint density at radius 2 is 1.56 bits per heavy atom. The number of morpholine rings is 1. The molecule has 0 aromatic carbocycles. The van der Waals surface area contributed by atoms with Gasteiger partial charge in [-0.25, -0.2) is 23.9 Å². The van der Waals surface area contributed by atoms with Crippen LogP contribution in [-0.4, -0.2) is 92.7 Å². The van der Waals surface area contributed by atoms with Crippen molar-refractivity contribution in [1.82, 2.24) is 19.9 Å². The third-order valence-electron chi connectivity index (χ3n) is 5.37. The summed E-state index contributed by atoms with van der Waals surface area (Å²) in [6.45, 7) is 5.01. The van der Waals surface area contributed by atoms with Crippen molar-refractivity contribution in [3.8, 4) is 0 Å². The highest BCUT2D eigenvalue weighted by Gasteiger charge is 2.41. The summed E-state index contributed by atoms with van der Waals surface area (Å²) in [6, 6.07) is 4.08. The monoisotopic (exact) mass is 571 g/mol. The second-order valence-electron chi connectivity index (χ2n) is 8.44. The standard InChI is InChI=1S/C18H22FN5O.2C2HF3O2/c19-16-10-21-17(22-11-16)24-6-2-4-18(14-24)13-23(7-8-25-18)12-15-3-1-5-20-9-15;2*3-2(4,5)1(6)7/h1,3,5,9-11H,2,4,6-8,12-14H2;2*(H,6,7). The van der Waals surface area contributed by atoms with Crippen molar-refractivity contribution in [3.05, 3.63) is 48.3 Å². The molecule has 0 amide bonds. The van der Waals surface area contributed by atoms with Crippen molar-refractivity contribution >= 4 is 17.9 Å². The van der Waals surface area contributed by atoms with E-state index in [1.54, 1.807) is 6.20 Å². The van der Waals surface area contributed by atoms with Crippen LogP contribution in [0.3, 0.4) is 0 Å². The molecule has 1 atom stereocenters. The predicted molar refractivity (Wildman–Crippen MR) is 119 cm³/mol. The SMILES string of the molecule is Fc1cnc(N2CCCC3(CN(Cc4cccnc4)CCO3)C2)nc1.O=C(O)C(F)(F)F.O=C(O)C(F)(F)F. The molecule has 10 nitrogen and oxygen atoms in total. The number of anilines is 1. The zero-order valence-corrected chi connectivity index (χ0v) is 20.1. The summed E-state index contributed by atoms with van der Waals surface area (Å²) in [4.78, 5) is 34.8. The highest BCUT2D eigenvalue weighted by molar-refractivity contribution is 5.73. The lowest BCUT2D eigenvalue weighted by Gasteiger charge is -2.48. The van der Waals surface area contributed by atoms with E-state index >= 15 is 0 Å². The second-order valence-corrected chi connectivity index (χ2v) is 8.44. The van der Waals surface area contributed by atoms with Crippen molar-refractivity contribution in [2.45, 2.75) is 37.3 Å². The average molecular weight is 571 g/mol. The fraction of sp³-hybridized carbons (Fsp3) is 0.500. The van der Waals surface area contributed by atoms with Crippen LogP contribution in [0.1, 0.15) is 18.4 Å². The number of alkyl halides is 6. The predicted octanol–water partition coefficient (Wildman–Crippen LogP) is 3.15. The third kappa shape index (κ3) is 10.6. The van der Waals surface area contributed by atoms with Crippen molar-refractivity contribution in [2.24, 2.45) is 0 Å². The summed E-state index contributed by atoms with van der Waals surface area (Å²) in [6.07, 6.45) is -1.97. The van der Waals surface area contributed by atoms with Gasteiger partial charge in [0.2, 0.25) is 5.95 Å². The van der Waals surface area contributed by atoms with Crippen molar-refractivity contribution in [3.63, 3.8) is 0 Å². The topological polar surface area (TPSA) is 129 Å². The molecular weight excluding hydrogens is 547 g/mol. The maximum atomic E-state index is 13.1. The molecule has 2 N–H and O–H groups in total. The van der Waals surface area contributed by atoms with Gasteiger partial charge in [0, 0.05) is 38.6 Å². The maximum absolute atomic E-state index is 13.1. The number of hydrogen-bond acceptors (Lipinski definition) is 8. The van der Waals surface area contributed by atoms with Crippen LogP contribution in [0.5, 0.6) is 0 Å². The fourth-order valence-electron chi connectivity index (χ4n) is 3.79. The van der Waals surface area contributed by atoms with Crippen LogP contribution in [0.2, 0.25) is 0 Å². The number of carboxylic acids is 2. The Morgan fingerprint density at radius 1 is 0.974 bits per heavy atom. The van der Waals surface area contributed by atoms with E-state index in [4.69, 9.17) is 24.5 Å². The van der Waals surface area contributed by atoms with E-state index in [-0.39, 0.29) is 5.60 Å². The Bertz CT molecular complexity index is 1050. The average Bonchev–Trinajstić information content (AvgIpc) is 2.85. The first-order chi connectivity index (χ1) is 18.1. The van der Waals surface area contributed by atoms with Gasteiger partial charge in [-0.2, -0.15) is 26.3 Å². The molecule has 0 aliphatic carbocycles. The van der Waals surface area contributed by atoms with E-state index in [9.17, 15) is 30.7 Å². The van der Waals surface area contributed by atoms with Crippen molar-refractivity contribution in [1.29, 1.82) is 0 Å². The van der Waals surface area contributed by atoms with Crippen LogP contribution in [0.15, 0.2) is 36.9 Å². The number of ether oxygens (including phenoxy) is 1. The number of nitrogens with zero attached hydrogens (tertiary/aromatic N) is 5. The van der Waals surface area contributed by atoms with Crippen LogP contribution < -0.4 is 4.90 Å². The number of hydrogen-bond donors (Lipinski definition) is 2. The Labute approximate surface area is 217 Å². The van der Waals surface area contributed by atoms with E-state index in [1.807, 2.05) is 12.3 Å². The molecule has 4 rings (SSSR count). The lowest BCUT2D eigenvalue weighted by Crippen LogP contribution is -2.59. The summed E-state index contributed by atoms with van der Waals surface area (Å²) >= 11 is 0. The van der Waals surface area contributed by atoms with Gasteiger partial charge < -0.3 is 19.8 Å². The molecule has 2 aliphatic rings.